The smallest absolute Gasteiger partial charge is 0.255 e. The van der Waals surface area contributed by atoms with E-state index in [9.17, 15) is 13.2 Å². The number of benzene rings is 2. The zero-order chi connectivity index (χ0) is 21.6. The van der Waals surface area contributed by atoms with Crippen molar-refractivity contribution < 1.29 is 17.9 Å². The summed E-state index contributed by atoms with van der Waals surface area (Å²) >= 11 is 0. The SMILES string of the molecule is CCOc1ccc(N(Cc2ccc(C(=O)Nc3cccnc3)cc2)S(C)(=O)=O)cc1. The Balaban J connectivity index is 1.74. The summed E-state index contributed by atoms with van der Waals surface area (Å²) in [5.41, 5.74) is 2.37. The molecule has 0 spiro atoms. The summed E-state index contributed by atoms with van der Waals surface area (Å²) in [5.74, 6) is 0.416. The van der Waals surface area contributed by atoms with E-state index in [2.05, 4.69) is 10.3 Å². The Morgan fingerprint density at radius 3 is 2.33 bits per heavy atom. The molecule has 0 saturated carbocycles. The van der Waals surface area contributed by atoms with E-state index in [0.29, 0.717) is 29.3 Å². The molecule has 0 saturated heterocycles. The van der Waals surface area contributed by atoms with Crippen LogP contribution in [0.15, 0.2) is 73.1 Å². The highest BCUT2D eigenvalue weighted by atomic mass is 32.2. The molecule has 1 heterocycles. The normalized spacial score (nSPS) is 11.0. The maximum Gasteiger partial charge on any atom is 0.255 e. The zero-order valence-corrected chi connectivity index (χ0v) is 17.6. The molecule has 1 aromatic heterocycles. The van der Waals surface area contributed by atoms with Crippen LogP contribution in [0.25, 0.3) is 0 Å². The molecule has 0 radical (unpaired) electrons. The largest absolute Gasteiger partial charge is 0.494 e. The maximum absolute atomic E-state index is 12.4. The Kier molecular flexibility index (Phi) is 6.68. The monoisotopic (exact) mass is 425 g/mol. The highest BCUT2D eigenvalue weighted by molar-refractivity contribution is 7.92. The summed E-state index contributed by atoms with van der Waals surface area (Å²) < 4.78 is 31.4. The number of rotatable bonds is 8. The molecule has 0 aliphatic carbocycles. The number of ether oxygens (including phenoxy) is 1. The lowest BCUT2D eigenvalue weighted by Crippen LogP contribution is -2.29. The fourth-order valence-electron chi connectivity index (χ4n) is 2.84. The number of nitrogens with zero attached hydrogens (tertiary/aromatic N) is 2. The quantitative estimate of drug-likeness (QED) is 0.594. The van der Waals surface area contributed by atoms with Crippen molar-refractivity contribution in [1.82, 2.24) is 4.98 Å². The third-order valence-electron chi connectivity index (χ3n) is 4.30. The predicted octanol–water partition coefficient (Wildman–Crippen LogP) is 3.70. The van der Waals surface area contributed by atoms with Gasteiger partial charge in [-0.15, -0.1) is 0 Å². The molecule has 2 aromatic carbocycles. The number of hydrogen-bond acceptors (Lipinski definition) is 5. The van der Waals surface area contributed by atoms with Gasteiger partial charge in [-0.3, -0.25) is 14.1 Å². The van der Waals surface area contributed by atoms with Crippen LogP contribution >= 0.6 is 0 Å². The molecule has 8 heteroatoms. The molecule has 30 heavy (non-hydrogen) atoms. The Morgan fingerprint density at radius 2 is 1.77 bits per heavy atom. The van der Waals surface area contributed by atoms with Gasteiger partial charge < -0.3 is 10.1 Å². The van der Waals surface area contributed by atoms with Crippen LogP contribution in [0.5, 0.6) is 5.75 Å². The number of pyridine rings is 1. The number of hydrogen-bond donors (Lipinski definition) is 1. The Hall–Kier alpha value is -3.39. The molecule has 7 nitrogen and oxygen atoms in total. The van der Waals surface area contributed by atoms with E-state index < -0.39 is 10.0 Å². The van der Waals surface area contributed by atoms with Crippen LogP contribution < -0.4 is 14.4 Å². The molecule has 1 amide bonds. The third-order valence-corrected chi connectivity index (χ3v) is 5.44. The predicted molar refractivity (Wildman–Crippen MR) is 117 cm³/mol. The zero-order valence-electron chi connectivity index (χ0n) is 16.8. The minimum absolute atomic E-state index is 0.150. The van der Waals surface area contributed by atoms with Crippen LogP contribution in [-0.2, 0) is 16.6 Å². The first kappa shape index (κ1) is 21.3. The van der Waals surface area contributed by atoms with E-state index in [1.165, 1.54) is 10.6 Å². The van der Waals surface area contributed by atoms with E-state index in [1.54, 1.807) is 73.1 Å². The molecule has 156 valence electrons. The van der Waals surface area contributed by atoms with Crippen molar-refractivity contribution in [2.24, 2.45) is 0 Å². The summed E-state index contributed by atoms with van der Waals surface area (Å²) in [4.78, 5) is 16.3. The van der Waals surface area contributed by atoms with Crippen molar-refractivity contribution in [3.05, 3.63) is 84.2 Å². The second-order valence-electron chi connectivity index (χ2n) is 6.59. The standard InChI is InChI=1S/C22H23N3O4S/c1-3-29-21-12-10-20(11-13-21)25(30(2,27)28)16-17-6-8-18(9-7-17)22(26)24-19-5-4-14-23-15-19/h4-15H,3,16H2,1-2H3,(H,24,26). The molecule has 0 bridgehead atoms. The fraction of sp³-hybridized carbons (Fsp3) is 0.182. The van der Waals surface area contributed by atoms with E-state index in [1.807, 2.05) is 6.92 Å². The minimum Gasteiger partial charge on any atom is -0.494 e. The van der Waals surface area contributed by atoms with Crippen LogP contribution in [0, 0.1) is 0 Å². The van der Waals surface area contributed by atoms with Crippen LogP contribution in [0.1, 0.15) is 22.8 Å². The number of carbonyl (C=O) groups excluding carboxylic acids is 1. The van der Waals surface area contributed by atoms with Gasteiger partial charge in [-0.1, -0.05) is 12.1 Å². The van der Waals surface area contributed by atoms with Gasteiger partial charge >= 0.3 is 0 Å². The van der Waals surface area contributed by atoms with Gasteiger partial charge in [-0.05, 0) is 61.0 Å². The first-order valence-electron chi connectivity index (χ1n) is 9.37. The molecule has 3 rings (SSSR count). The molecule has 0 unspecified atom stereocenters. The Morgan fingerprint density at radius 1 is 1.07 bits per heavy atom. The van der Waals surface area contributed by atoms with E-state index in [4.69, 9.17) is 4.74 Å². The number of sulfonamides is 1. The van der Waals surface area contributed by atoms with Gasteiger partial charge in [0.05, 0.1) is 37.0 Å². The highest BCUT2D eigenvalue weighted by Crippen LogP contribution is 2.24. The van der Waals surface area contributed by atoms with Gasteiger partial charge in [0.1, 0.15) is 5.75 Å². The number of nitrogens with one attached hydrogen (secondary N) is 1. The Labute approximate surface area is 176 Å². The molecule has 1 N–H and O–H groups in total. The van der Waals surface area contributed by atoms with Crippen LogP contribution in [0.2, 0.25) is 0 Å². The molecule has 3 aromatic rings. The minimum atomic E-state index is -3.50. The number of amides is 1. The van der Waals surface area contributed by atoms with Crippen molar-refractivity contribution in [2.45, 2.75) is 13.5 Å². The fourth-order valence-corrected chi connectivity index (χ4v) is 3.73. The molecular weight excluding hydrogens is 402 g/mol. The van der Waals surface area contributed by atoms with Crippen LogP contribution in [0.3, 0.4) is 0 Å². The lowest BCUT2D eigenvalue weighted by molar-refractivity contribution is 0.102. The first-order valence-corrected chi connectivity index (χ1v) is 11.2. The summed E-state index contributed by atoms with van der Waals surface area (Å²) in [7, 11) is -3.50. The van der Waals surface area contributed by atoms with E-state index in [0.717, 1.165) is 5.56 Å². The second kappa shape index (κ2) is 9.41. The van der Waals surface area contributed by atoms with Gasteiger partial charge in [0.15, 0.2) is 0 Å². The van der Waals surface area contributed by atoms with Crippen LogP contribution in [-0.4, -0.2) is 32.2 Å². The van der Waals surface area contributed by atoms with Crippen LogP contribution in [0.4, 0.5) is 11.4 Å². The second-order valence-corrected chi connectivity index (χ2v) is 8.50. The van der Waals surface area contributed by atoms with Gasteiger partial charge in [0, 0.05) is 11.8 Å². The summed E-state index contributed by atoms with van der Waals surface area (Å²) in [6.07, 6.45) is 4.36. The summed E-state index contributed by atoms with van der Waals surface area (Å²) in [5, 5.41) is 2.76. The Bertz CT molecular complexity index is 1080. The van der Waals surface area contributed by atoms with Crippen molar-refractivity contribution >= 4 is 27.3 Å². The third kappa shape index (κ3) is 5.57. The lowest BCUT2D eigenvalue weighted by atomic mass is 10.1. The average molecular weight is 426 g/mol. The number of anilines is 2. The summed E-state index contributed by atoms with van der Waals surface area (Å²) in [6.45, 7) is 2.57. The van der Waals surface area contributed by atoms with Gasteiger partial charge in [0.2, 0.25) is 10.0 Å². The van der Waals surface area contributed by atoms with E-state index in [-0.39, 0.29) is 12.5 Å². The average Bonchev–Trinajstić information content (AvgIpc) is 2.73. The highest BCUT2D eigenvalue weighted by Gasteiger charge is 2.18. The van der Waals surface area contributed by atoms with Crippen molar-refractivity contribution in [3.8, 4) is 5.75 Å². The van der Waals surface area contributed by atoms with Crippen molar-refractivity contribution in [3.63, 3.8) is 0 Å². The van der Waals surface area contributed by atoms with E-state index >= 15 is 0 Å². The van der Waals surface area contributed by atoms with Crippen molar-refractivity contribution in [2.75, 3.05) is 22.5 Å². The van der Waals surface area contributed by atoms with Crippen molar-refractivity contribution in [1.29, 1.82) is 0 Å². The molecule has 0 aliphatic heterocycles. The molecule has 0 aliphatic rings. The summed E-state index contributed by atoms with van der Waals surface area (Å²) in [6, 6.07) is 17.2. The molecular formula is C22H23N3O4S. The van der Waals surface area contributed by atoms with Gasteiger partial charge in [0.25, 0.3) is 5.91 Å². The molecule has 0 fully saturated rings. The van der Waals surface area contributed by atoms with Gasteiger partial charge in [-0.2, -0.15) is 0 Å². The lowest BCUT2D eigenvalue weighted by Gasteiger charge is -2.23. The first-order chi connectivity index (χ1) is 14.4. The topological polar surface area (TPSA) is 88.6 Å². The van der Waals surface area contributed by atoms with Gasteiger partial charge in [-0.25, -0.2) is 8.42 Å². The maximum atomic E-state index is 12.4. The number of carbonyl (C=O) groups is 1. The molecule has 0 atom stereocenters. The number of aromatic nitrogens is 1.